The first-order chi connectivity index (χ1) is 8.99. The Morgan fingerprint density at radius 1 is 1.37 bits per heavy atom. The smallest absolute Gasteiger partial charge is 0.251 e. The Hall–Kier alpha value is -0.540. The standard InChI is InChI=1S/C15H21BrClNO/c1-4-11(5-2)14(16)9-18-15(19)13-7-6-12(17)8-10(13)3/h6-8,11,14H,4-5,9H2,1-3H3,(H,18,19). The van der Waals surface area contributed by atoms with E-state index in [1.54, 1.807) is 12.1 Å². The Morgan fingerprint density at radius 2 is 2.00 bits per heavy atom. The predicted octanol–water partition coefficient (Wildman–Crippen LogP) is 4.58. The number of hydrogen-bond donors (Lipinski definition) is 1. The van der Waals surface area contributed by atoms with Crippen molar-refractivity contribution in [3.63, 3.8) is 0 Å². The minimum atomic E-state index is -0.0374. The molecule has 0 aliphatic carbocycles. The van der Waals surface area contributed by atoms with Crippen LogP contribution in [0.1, 0.15) is 42.6 Å². The van der Waals surface area contributed by atoms with Crippen LogP contribution in [0.25, 0.3) is 0 Å². The van der Waals surface area contributed by atoms with Gasteiger partial charge in [-0.05, 0) is 36.6 Å². The normalized spacial score (nSPS) is 12.5. The molecular weight excluding hydrogens is 326 g/mol. The highest BCUT2D eigenvalue weighted by molar-refractivity contribution is 9.09. The summed E-state index contributed by atoms with van der Waals surface area (Å²) in [5, 5.41) is 3.64. The van der Waals surface area contributed by atoms with Crippen molar-refractivity contribution >= 4 is 33.4 Å². The second-order valence-electron chi connectivity index (χ2n) is 4.76. The van der Waals surface area contributed by atoms with Crippen molar-refractivity contribution in [2.75, 3.05) is 6.54 Å². The Morgan fingerprint density at radius 3 is 2.53 bits per heavy atom. The number of benzene rings is 1. The Labute approximate surface area is 129 Å². The van der Waals surface area contributed by atoms with Crippen LogP contribution < -0.4 is 5.32 Å². The monoisotopic (exact) mass is 345 g/mol. The molecule has 0 spiro atoms. The van der Waals surface area contributed by atoms with Gasteiger partial charge in [-0.25, -0.2) is 0 Å². The third kappa shape index (κ3) is 4.81. The van der Waals surface area contributed by atoms with Crippen LogP contribution in [0.2, 0.25) is 5.02 Å². The molecule has 0 saturated heterocycles. The Balaban J connectivity index is 2.60. The van der Waals surface area contributed by atoms with E-state index in [0.29, 0.717) is 27.9 Å². The van der Waals surface area contributed by atoms with Gasteiger partial charge in [0.25, 0.3) is 5.91 Å². The second kappa shape index (κ2) is 7.91. The summed E-state index contributed by atoms with van der Waals surface area (Å²) in [7, 11) is 0. The molecule has 0 radical (unpaired) electrons. The topological polar surface area (TPSA) is 29.1 Å². The molecule has 4 heteroatoms. The van der Waals surface area contributed by atoms with Crippen LogP contribution in [-0.2, 0) is 0 Å². The van der Waals surface area contributed by atoms with Crippen molar-refractivity contribution in [3.8, 4) is 0 Å². The van der Waals surface area contributed by atoms with Crippen molar-refractivity contribution in [3.05, 3.63) is 34.3 Å². The predicted molar refractivity (Wildman–Crippen MR) is 85.3 cm³/mol. The van der Waals surface area contributed by atoms with E-state index in [0.717, 1.165) is 18.4 Å². The molecule has 1 rings (SSSR count). The Kier molecular flexibility index (Phi) is 6.87. The molecule has 0 fully saturated rings. The van der Waals surface area contributed by atoms with E-state index in [1.165, 1.54) is 0 Å². The van der Waals surface area contributed by atoms with Crippen LogP contribution in [0.5, 0.6) is 0 Å². The number of halogens is 2. The lowest BCUT2D eigenvalue weighted by molar-refractivity contribution is 0.0951. The van der Waals surface area contributed by atoms with Crippen LogP contribution in [0.15, 0.2) is 18.2 Å². The zero-order valence-corrected chi connectivity index (χ0v) is 14.0. The van der Waals surface area contributed by atoms with Crippen LogP contribution in [-0.4, -0.2) is 17.3 Å². The summed E-state index contributed by atoms with van der Waals surface area (Å²) in [6.07, 6.45) is 2.23. The minimum Gasteiger partial charge on any atom is -0.351 e. The van der Waals surface area contributed by atoms with E-state index in [9.17, 15) is 4.79 Å². The highest BCUT2D eigenvalue weighted by Gasteiger charge is 2.17. The third-order valence-electron chi connectivity index (χ3n) is 3.45. The molecule has 1 amide bonds. The molecule has 0 aromatic heterocycles. The molecule has 1 aromatic carbocycles. The first-order valence-corrected chi connectivity index (χ1v) is 7.97. The molecule has 1 aromatic rings. The second-order valence-corrected chi connectivity index (χ2v) is 6.37. The van der Waals surface area contributed by atoms with Gasteiger partial charge in [-0.15, -0.1) is 0 Å². The highest BCUT2D eigenvalue weighted by atomic mass is 79.9. The molecule has 1 atom stereocenters. The van der Waals surface area contributed by atoms with Crippen molar-refractivity contribution in [1.82, 2.24) is 5.32 Å². The summed E-state index contributed by atoms with van der Waals surface area (Å²) in [5.74, 6) is 0.552. The number of nitrogens with one attached hydrogen (secondary N) is 1. The molecular formula is C15H21BrClNO. The van der Waals surface area contributed by atoms with Crippen molar-refractivity contribution in [2.45, 2.75) is 38.4 Å². The minimum absolute atomic E-state index is 0.0374. The van der Waals surface area contributed by atoms with Gasteiger partial charge in [0.15, 0.2) is 0 Å². The number of carbonyl (C=O) groups excluding carboxylic acids is 1. The van der Waals surface area contributed by atoms with Crippen LogP contribution in [0, 0.1) is 12.8 Å². The molecule has 1 N–H and O–H groups in total. The van der Waals surface area contributed by atoms with E-state index in [-0.39, 0.29) is 5.91 Å². The van der Waals surface area contributed by atoms with Gasteiger partial charge in [0.05, 0.1) is 0 Å². The van der Waals surface area contributed by atoms with Crippen molar-refractivity contribution in [1.29, 1.82) is 0 Å². The maximum atomic E-state index is 12.1. The molecule has 1 unspecified atom stereocenters. The molecule has 106 valence electrons. The van der Waals surface area contributed by atoms with Gasteiger partial charge >= 0.3 is 0 Å². The summed E-state index contributed by atoms with van der Waals surface area (Å²) in [6.45, 7) is 6.89. The average molecular weight is 347 g/mol. The van der Waals surface area contributed by atoms with E-state index >= 15 is 0 Å². The number of hydrogen-bond acceptors (Lipinski definition) is 1. The summed E-state index contributed by atoms with van der Waals surface area (Å²) in [4.78, 5) is 12.4. The van der Waals surface area contributed by atoms with E-state index in [4.69, 9.17) is 11.6 Å². The summed E-state index contributed by atoms with van der Waals surface area (Å²) in [5.41, 5.74) is 1.59. The number of carbonyl (C=O) groups is 1. The van der Waals surface area contributed by atoms with Gasteiger partial charge in [-0.1, -0.05) is 54.2 Å². The van der Waals surface area contributed by atoms with Crippen molar-refractivity contribution < 1.29 is 4.79 Å². The fraction of sp³-hybridized carbons (Fsp3) is 0.533. The highest BCUT2D eigenvalue weighted by Crippen LogP contribution is 2.20. The fourth-order valence-corrected chi connectivity index (χ4v) is 3.27. The van der Waals surface area contributed by atoms with Gasteiger partial charge in [-0.3, -0.25) is 4.79 Å². The average Bonchev–Trinajstić information content (AvgIpc) is 2.37. The number of alkyl halides is 1. The molecule has 0 aliphatic heterocycles. The largest absolute Gasteiger partial charge is 0.351 e. The van der Waals surface area contributed by atoms with Gasteiger partial charge < -0.3 is 5.32 Å². The lowest BCUT2D eigenvalue weighted by Gasteiger charge is -2.20. The zero-order valence-electron chi connectivity index (χ0n) is 11.7. The van der Waals surface area contributed by atoms with E-state index in [2.05, 4.69) is 35.1 Å². The summed E-state index contributed by atoms with van der Waals surface area (Å²) < 4.78 is 0. The SMILES string of the molecule is CCC(CC)C(Br)CNC(=O)c1ccc(Cl)cc1C. The van der Waals surface area contributed by atoms with E-state index in [1.807, 2.05) is 13.0 Å². The van der Waals surface area contributed by atoms with Crippen LogP contribution >= 0.6 is 27.5 Å². The first-order valence-electron chi connectivity index (χ1n) is 6.68. The number of aryl methyl sites for hydroxylation is 1. The molecule has 0 aliphatic rings. The van der Waals surface area contributed by atoms with Gasteiger partial charge in [-0.2, -0.15) is 0 Å². The molecule has 2 nitrogen and oxygen atoms in total. The lowest BCUT2D eigenvalue weighted by atomic mass is 9.99. The lowest BCUT2D eigenvalue weighted by Crippen LogP contribution is -2.33. The summed E-state index contributed by atoms with van der Waals surface area (Å²) in [6, 6.07) is 5.33. The van der Waals surface area contributed by atoms with Crippen LogP contribution in [0.3, 0.4) is 0 Å². The summed E-state index contributed by atoms with van der Waals surface area (Å²) >= 11 is 9.55. The maximum absolute atomic E-state index is 12.1. The zero-order chi connectivity index (χ0) is 14.4. The number of amides is 1. The molecule has 0 saturated carbocycles. The fourth-order valence-electron chi connectivity index (χ4n) is 2.13. The number of rotatable bonds is 6. The first kappa shape index (κ1) is 16.5. The molecule has 0 heterocycles. The molecule has 19 heavy (non-hydrogen) atoms. The van der Waals surface area contributed by atoms with Gasteiger partial charge in [0.1, 0.15) is 0 Å². The van der Waals surface area contributed by atoms with Gasteiger partial charge in [0, 0.05) is 22.0 Å². The quantitative estimate of drug-likeness (QED) is 0.751. The van der Waals surface area contributed by atoms with Gasteiger partial charge in [0.2, 0.25) is 0 Å². The third-order valence-corrected chi connectivity index (χ3v) is 4.76. The van der Waals surface area contributed by atoms with Crippen LogP contribution in [0.4, 0.5) is 0 Å². The van der Waals surface area contributed by atoms with Crippen molar-refractivity contribution in [2.24, 2.45) is 5.92 Å². The Bertz CT molecular complexity index is 432. The molecule has 0 bridgehead atoms. The maximum Gasteiger partial charge on any atom is 0.251 e. The van der Waals surface area contributed by atoms with E-state index < -0.39 is 0 Å².